The van der Waals surface area contributed by atoms with Gasteiger partial charge in [-0.15, -0.1) is 0 Å². The van der Waals surface area contributed by atoms with Crippen molar-refractivity contribution < 1.29 is 0 Å². The highest BCUT2D eigenvalue weighted by Gasteiger charge is 2.13. The van der Waals surface area contributed by atoms with Crippen LogP contribution in [0.1, 0.15) is 13.3 Å². The van der Waals surface area contributed by atoms with Crippen LogP contribution in [0.4, 0.5) is 0 Å². The Bertz CT molecular complexity index is 55.1. The number of hydrogen-bond donors (Lipinski definition) is 1. The van der Waals surface area contributed by atoms with E-state index in [-0.39, 0.29) is 0 Å². The molecule has 7 heavy (non-hydrogen) atoms. The van der Waals surface area contributed by atoms with Gasteiger partial charge in [-0.2, -0.15) is 0 Å². The van der Waals surface area contributed by atoms with Crippen molar-refractivity contribution in [3.8, 4) is 0 Å². The van der Waals surface area contributed by atoms with E-state index in [0.717, 1.165) is 19.0 Å². The van der Waals surface area contributed by atoms with Gasteiger partial charge in [0.1, 0.15) is 0 Å². The van der Waals surface area contributed by atoms with E-state index in [1.54, 1.807) is 0 Å². The fourth-order valence-electron chi connectivity index (χ4n) is 0.969. The van der Waals surface area contributed by atoms with Gasteiger partial charge in [-0.25, -0.2) is 5.01 Å². The van der Waals surface area contributed by atoms with Gasteiger partial charge < -0.3 is 0 Å². The molecule has 1 unspecified atom stereocenters. The summed E-state index contributed by atoms with van der Waals surface area (Å²) in [6, 6.07) is 0. The number of rotatable bonds is 0. The van der Waals surface area contributed by atoms with Crippen molar-refractivity contribution in [1.82, 2.24) is 5.01 Å². The third-order valence-corrected chi connectivity index (χ3v) is 1.46. The lowest BCUT2D eigenvalue weighted by molar-refractivity contribution is 0.342. The molecule has 0 radical (unpaired) electrons. The monoisotopic (exact) mass is 100 g/mol. The largest absolute Gasteiger partial charge is 0.269 e. The molecule has 2 nitrogen and oxygen atoms in total. The molecule has 0 aliphatic carbocycles. The maximum Gasteiger partial charge on any atom is 0.0154 e. The van der Waals surface area contributed by atoms with Crippen molar-refractivity contribution in [2.45, 2.75) is 13.3 Å². The van der Waals surface area contributed by atoms with E-state index in [1.807, 2.05) is 5.01 Å². The van der Waals surface area contributed by atoms with E-state index in [0.29, 0.717) is 0 Å². The lowest BCUT2D eigenvalue weighted by Crippen LogP contribution is -2.27. The Kier molecular flexibility index (Phi) is 1.30. The second-order valence-corrected chi connectivity index (χ2v) is 2.39. The van der Waals surface area contributed by atoms with Crippen molar-refractivity contribution >= 4 is 0 Å². The van der Waals surface area contributed by atoms with Crippen LogP contribution in [0.3, 0.4) is 0 Å². The summed E-state index contributed by atoms with van der Waals surface area (Å²) in [6.07, 6.45) is 1.27. The number of hydrazine groups is 1. The summed E-state index contributed by atoms with van der Waals surface area (Å²) in [6.45, 7) is 4.40. The molecule has 1 atom stereocenters. The van der Waals surface area contributed by atoms with Crippen LogP contribution in [0.2, 0.25) is 0 Å². The third kappa shape index (κ3) is 1.14. The molecule has 0 aromatic heterocycles. The van der Waals surface area contributed by atoms with Crippen molar-refractivity contribution in [3.63, 3.8) is 0 Å². The van der Waals surface area contributed by atoms with Crippen LogP contribution in [0.5, 0.6) is 0 Å². The van der Waals surface area contributed by atoms with Crippen LogP contribution < -0.4 is 5.84 Å². The SMILES string of the molecule is CC1CCN(N)C1. The summed E-state index contributed by atoms with van der Waals surface area (Å²) in [5.74, 6) is 6.28. The molecular weight excluding hydrogens is 88.1 g/mol. The summed E-state index contributed by atoms with van der Waals surface area (Å²) in [4.78, 5) is 0. The van der Waals surface area contributed by atoms with Gasteiger partial charge in [-0.1, -0.05) is 6.92 Å². The van der Waals surface area contributed by atoms with Crippen LogP contribution in [-0.4, -0.2) is 18.1 Å². The molecule has 0 bridgehead atoms. The average Bonchev–Trinajstić information content (AvgIpc) is 1.87. The standard InChI is InChI=1S/C5H12N2/c1-5-2-3-7(6)4-5/h5H,2-4,6H2,1H3. The van der Waals surface area contributed by atoms with Crippen molar-refractivity contribution in [3.05, 3.63) is 0 Å². The molecule has 1 saturated heterocycles. The van der Waals surface area contributed by atoms with Crippen LogP contribution in [0.25, 0.3) is 0 Å². The molecule has 42 valence electrons. The van der Waals surface area contributed by atoms with Crippen LogP contribution in [0, 0.1) is 5.92 Å². The zero-order valence-corrected chi connectivity index (χ0v) is 4.72. The fourth-order valence-corrected chi connectivity index (χ4v) is 0.969. The van der Waals surface area contributed by atoms with Gasteiger partial charge in [0, 0.05) is 13.1 Å². The minimum Gasteiger partial charge on any atom is -0.269 e. The molecule has 0 aromatic rings. The fraction of sp³-hybridized carbons (Fsp3) is 1.00. The van der Waals surface area contributed by atoms with Gasteiger partial charge in [0.05, 0.1) is 0 Å². The second-order valence-electron chi connectivity index (χ2n) is 2.39. The summed E-state index contributed by atoms with van der Waals surface area (Å²) >= 11 is 0. The van der Waals surface area contributed by atoms with Gasteiger partial charge in [0.2, 0.25) is 0 Å². The first-order valence-electron chi connectivity index (χ1n) is 2.78. The Morgan fingerprint density at radius 2 is 2.43 bits per heavy atom. The first-order chi connectivity index (χ1) is 3.29. The topological polar surface area (TPSA) is 29.3 Å². The minimum absolute atomic E-state index is 0.824. The molecule has 1 aliphatic heterocycles. The molecule has 0 saturated carbocycles. The summed E-state index contributed by atoms with van der Waals surface area (Å²) < 4.78 is 0. The summed E-state index contributed by atoms with van der Waals surface area (Å²) in [7, 11) is 0. The van der Waals surface area contributed by atoms with Crippen molar-refractivity contribution in [2.24, 2.45) is 11.8 Å². The molecule has 0 amide bonds. The Hall–Kier alpha value is -0.0800. The van der Waals surface area contributed by atoms with E-state index < -0.39 is 0 Å². The smallest absolute Gasteiger partial charge is 0.0154 e. The molecular formula is C5H12N2. The Balaban J connectivity index is 2.26. The highest BCUT2D eigenvalue weighted by molar-refractivity contribution is 4.66. The van der Waals surface area contributed by atoms with Gasteiger partial charge >= 0.3 is 0 Å². The van der Waals surface area contributed by atoms with E-state index >= 15 is 0 Å². The van der Waals surface area contributed by atoms with Crippen molar-refractivity contribution in [1.29, 1.82) is 0 Å². The van der Waals surface area contributed by atoms with Crippen LogP contribution in [-0.2, 0) is 0 Å². The Morgan fingerprint density at radius 3 is 2.57 bits per heavy atom. The quantitative estimate of drug-likeness (QED) is 0.441. The molecule has 1 aliphatic rings. The van der Waals surface area contributed by atoms with Gasteiger partial charge in [-0.3, -0.25) is 5.84 Å². The van der Waals surface area contributed by atoms with Gasteiger partial charge in [0.25, 0.3) is 0 Å². The number of nitrogens with two attached hydrogens (primary N) is 1. The number of hydrogen-bond acceptors (Lipinski definition) is 2. The molecule has 1 fully saturated rings. The molecule has 2 N–H and O–H groups in total. The molecule has 1 heterocycles. The van der Waals surface area contributed by atoms with E-state index in [9.17, 15) is 0 Å². The Morgan fingerprint density at radius 1 is 1.71 bits per heavy atom. The van der Waals surface area contributed by atoms with Crippen LogP contribution in [0.15, 0.2) is 0 Å². The predicted molar refractivity (Wildman–Crippen MR) is 29.5 cm³/mol. The maximum atomic E-state index is 5.46. The Labute approximate surface area is 44.3 Å². The third-order valence-electron chi connectivity index (χ3n) is 1.46. The van der Waals surface area contributed by atoms with E-state index in [4.69, 9.17) is 5.84 Å². The zero-order valence-electron chi connectivity index (χ0n) is 4.72. The normalized spacial score (nSPS) is 34.3. The predicted octanol–water partition coefficient (Wildman–Crippen LogP) is 0.202. The molecule has 2 heteroatoms. The first-order valence-corrected chi connectivity index (χ1v) is 2.78. The summed E-state index contributed by atoms with van der Waals surface area (Å²) in [5, 5.41) is 1.88. The molecule has 0 spiro atoms. The summed E-state index contributed by atoms with van der Waals surface area (Å²) in [5.41, 5.74) is 0. The van der Waals surface area contributed by atoms with Gasteiger partial charge in [0.15, 0.2) is 0 Å². The van der Waals surface area contributed by atoms with Crippen LogP contribution >= 0.6 is 0 Å². The van der Waals surface area contributed by atoms with E-state index in [2.05, 4.69) is 6.92 Å². The maximum absolute atomic E-state index is 5.46. The highest BCUT2D eigenvalue weighted by atomic mass is 15.4. The minimum atomic E-state index is 0.824. The lowest BCUT2D eigenvalue weighted by atomic mass is 10.2. The second kappa shape index (κ2) is 1.80. The zero-order chi connectivity index (χ0) is 5.28. The van der Waals surface area contributed by atoms with E-state index in [1.165, 1.54) is 6.42 Å². The highest BCUT2D eigenvalue weighted by Crippen LogP contribution is 2.09. The average molecular weight is 100 g/mol. The van der Waals surface area contributed by atoms with Gasteiger partial charge in [-0.05, 0) is 12.3 Å². The molecule has 1 rings (SSSR count). The van der Waals surface area contributed by atoms with Crippen molar-refractivity contribution in [2.75, 3.05) is 13.1 Å². The first kappa shape index (κ1) is 5.06. The lowest BCUT2D eigenvalue weighted by Gasteiger charge is -2.03. The molecule has 0 aromatic carbocycles. The number of nitrogens with zero attached hydrogens (tertiary/aromatic N) is 1.